The van der Waals surface area contributed by atoms with E-state index in [1.807, 2.05) is 12.1 Å². The van der Waals surface area contributed by atoms with Gasteiger partial charge in [0.15, 0.2) is 5.69 Å². The highest BCUT2D eigenvalue weighted by atomic mass is 79.9. The van der Waals surface area contributed by atoms with Gasteiger partial charge >= 0.3 is 0 Å². The number of halogens is 1. The fourth-order valence-corrected chi connectivity index (χ4v) is 2.60. The van der Waals surface area contributed by atoms with Crippen molar-refractivity contribution in [1.29, 1.82) is 0 Å². The van der Waals surface area contributed by atoms with Crippen LogP contribution < -0.4 is 10.6 Å². The Kier molecular flexibility index (Phi) is 4.95. The standard InChI is InChI=1S/C18H15BrN4O2/c1-2-10-20-18(25)16-22-15(14-5-3-4-11-23(14)16)17(24)21-13-8-6-12(19)7-9-13/h2-9,11H,1,10H2,(H,20,25)(H,21,24). The zero-order valence-electron chi connectivity index (χ0n) is 13.2. The van der Waals surface area contributed by atoms with Gasteiger partial charge in [-0.15, -0.1) is 6.58 Å². The number of anilines is 1. The van der Waals surface area contributed by atoms with Gasteiger partial charge in [0.2, 0.25) is 5.82 Å². The van der Waals surface area contributed by atoms with Gasteiger partial charge in [-0.1, -0.05) is 28.1 Å². The molecule has 3 aromatic rings. The van der Waals surface area contributed by atoms with Crippen molar-refractivity contribution in [1.82, 2.24) is 14.7 Å². The molecule has 0 unspecified atom stereocenters. The molecule has 0 radical (unpaired) electrons. The maximum absolute atomic E-state index is 12.6. The Hall–Kier alpha value is -2.93. The molecule has 25 heavy (non-hydrogen) atoms. The predicted molar refractivity (Wildman–Crippen MR) is 99.8 cm³/mol. The Balaban J connectivity index is 1.95. The third-order valence-corrected chi connectivity index (χ3v) is 4.00. The number of fused-ring (bicyclic) bond motifs is 1. The van der Waals surface area contributed by atoms with Gasteiger partial charge in [0.05, 0.1) is 5.52 Å². The molecule has 126 valence electrons. The van der Waals surface area contributed by atoms with E-state index < -0.39 is 0 Å². The van der Waals surface area contributed by atoms with Gasteiger partial charge in [0, 0.05) is 22.9 Å². The van der Waals surface area contributed by atoms with Crippen LogP contribution in [0.4, 0.5) is 5.69 Å². The Bertz CT molecular complexity index is 947. The lowest BCUT2D eigenvalue weighted by Gasteiger charge is -2.03. The number of nitrogens with one attached hydrogen (secondary N) is 2. The number of pyridine rings is 1. The first-order valence-electron chi connectivity index (χ1n) is 7.53. The predicted octanol–water partition coefficient (Wildman–Crippen LogP) is 3.26. The van der Waals surface area contributed by atoms with E-state index in [0.29, 0.717) is 17.7 Å². The minimum atomic E-state index is -0.381. The molecule has 0 saturated carbocycles. The van der Waals surface area contributed by atoms with E-state index in [1.54, 1.807) is 47.0 Å². The lowest BCUT2D eigenvalue weighted by atomic mass is 10.3. The molecule has 0 aliphatic rings. The molecule has 2 N–H and O–H groups in total. The Morgan fingerprint density at radius 1 is 1.16 bits per heavy atom. The second-order valence-electron chi connectivity index (χ2n) is 5.20. The summed E-state index contributed by atoms with van der Waals surface area (Å²) in [6, 6.07) is 12.5. The van der Waals surface area contributed by atoms with Crippen molar-refractivity contribution in [3.63, 3.8) is 0 Å². The smallest absolute Gasteiger partial charge is 0.287 e. The van der Waals surface area contributed by atoms with Crippen molar-refractivity contribution in [2.75, 3.05) is 11.9 Å². The van der Waals surface area contributed by atoms with E-state index in [2.05, 4.69) is 38.1 Å². The summed E-state index contributed by atoms with van der Waals surface area (Å²) in [5.74, 6) is -0.601. The molecule has 7 heteroatoms. The maximum Gasteiger partial charge on any atom is 0.287 e. The quantitative estimate of drug-likeness (QED) is 0.647. The maximum atomic E-state index is 12.6. The summed E-state index contributed by atoms with van der Waals surface area (Å²) >= 11 is 3.35. The number of aromatic nitrogens is 2. The molecule has 0 atom stereocenters. The van der Waals surface area contributed by atoms with Gasteiger partial charge in [0.25, 0.3) is 11.8 Å². The monoisotopic (exact) mass is 398 g/mol. The largest absolute Gasteiger partial charge is 0.346 e. The third-order valence-electron chi connectivity index (χ3n) is 3.48. The van der Waals surface area contributed by atoms with Crippen LogP contribution >= 0.6 is 15.9 Å². The normalized spacial score (nSPS) is 10.4. The molecule has 0 saturated heterocycles. The van der Waals surface area contributed by atoms with Crippen LogP contribution in [-0.2, 0) is 0 Å². The minimum Gasteiger partial charge on any atom is -0.346 e. The second kappa shape index (κ2) is 7.31. The van der Waals surface area contributed by atoms with Crippen LogP contribution in [0.15, 0.2) is 65.8 Å². The number of carbonyl (C=O) groups is 2. The topological polar surface area (TPSA) is 75.5 Å². The van der Waals surface area contributed by atoms with Crippen molar-refractivity contribution in [2.24, 2.45) is 0 Å². The van der Waals surface area contributed by atoms with Gasteiger partial charge in [-0.25, -0.2) is 4.98 Å². The van der Waals surface area contributed by atoms with Crippen molar-refractivity contribution in [2.45, 2.75) is 0 Å². The average Bonchev–Trinajstić information content (AvgIpc) is 3.01. The molecule has 2 aromatic heterocycles. The fraction of sp³-hybridized carbons (Fsp3) is 0.0556. The number of nitrogens with zero attached hydrogens (tertiary/aromatic N) is 2. The van der Waals surface area contributed by atoms with Crippen LogP contribution in [0.5, 0.6) is 0 Å². The van der Waals surface area contributed by atoms with Gasteiger partial charge < -0.3 is 10.6 Å². The summed E-state index contributed by atoms with van der Waals surface area (Å²) in [7, 11) is 0. The molecule has 2 amide bonds. The van der Waals surface area contributed by atoms with E-state index in [1.165, 1.54) is 0 Å². The van der Waals surface area contributed by atoms with Crippen molar-refractivity contribution in [3.05, 3.63) is 77.3 Å². The third kappa shape index (κ3) is 3.61. The van der Waals surface area contributed by atoms with E-state index in [9.17, 15) is 9.59 Å². The zero-order chi connectivity index (χ0) is 17.8. The van der Waals surface area contributed by atoms with Gasteiger partial charge in [-0.3, -0.25) is 14.0 Å². The van der Waals surface area contributed by atoms with E-state index in [-0.39, 0.29) is 23.3 Å². The molecular weight excluding hydrogens is 384 g/mol. The van der Waals surface area contributed by atoms with Gasteiger partial charge in [-0.2, -0.15) is 0 Å². The molecule has 0 aliphatic heterocycles. The molecule has 0 aliphatic carbocycles. The molecule has 6 nitrogen and oxygen atoms in total. The SMILES string of the molecule is C=CCNC(=O)c1nc(C(=O)Nc2ccc(Br)cc2)c2ccccn12. The Morgan fingerprint density at radius 3 is 2.64 bits per heavy atom. The van der Waals surface area contributed by atoms with Crippen LogP contribution in [0.2, 0.25) is 0 Å². The molecule has 3 rings (SSSR count). The van der Waals surface area contributed by atoms with Crippen LogP contribution in [0.1, 0.15) is 21.1 Å². The summed E-state index contributed by atoms with van der Waals surface area (Å²) < 4.78 is 2.51. The lowest BCUT2D eigenvalue weighted by Crippen LogP contribution is -2.25. The van der Waals surface area contributed by atoms with Crippen LogP contribution in [-0.4, -0.2) is 27.7 Å². The number of benzene rings is 1. The number of imidazole rings is 1. The summed E-state index contributed by atoms with van der Waals surface area (Å²) in [6.07, 6.45) is 3.27. The van der Waals surface area contributed by atoms with E-state index in [4.69, 9.17) is 0 Å². The van der Waals surface area contributed by atoms with Crippen LogP contribution in [0.25, 0.3) is 5.52 Å². The van der Waals surface area contributed by atoms with Gasteiger partial charge in [0.1, 0.15) is 0 Å². The first-order chi connectivity index (χ1) is 12.1. The fourth-order valence-electron chi connectivity index (χ4n) is 2.33. The summed E-state index contributed by atoms with van der Waals surface area (Å²) in [6.45, 7) is 3.89. The number of hydrogen-bond acceptors (Lipinski definition) is 3. The van der Waals surface area contributed by atoms with Crippen molar-refractivity contribution >= 4 is 38.9 Å². The Labute approximate surface area is 152 Å². The number of rotatable bonds is 5. The summed E-state index contributed by atoms with van der Waals surface area (Å²) in [4.78, 5) is 29.1. The molecular formula is C18H15BrN4O2. The minimum absolute atomic E-state index is 0.151. The van der Waals surface area contributed by atoms with Crippen LogP contribution in [0.3, 0.4) is 0 Å². The number of amides is 2. The van der Waals surface area contributed by atoms with Crippen LogP contribution in [0, 0.1) is 0 Å². The highest BCUT2D eigenvalue weighted by molar-refractivity contribution is 9.10. The summed E-state index contributed by atoms with van der Waals surface area (Å²) in [5.41, 5.74) is 1.39. The van der Waals surface area contributed by atoms with E-state index in [0.717, 1.165) is 4.47 Å². The molecule has 2 heterocycles. The number of carbonyl (C=O) groups excluding carboxylic acids is 2. The van der Waals surface area contributed by atoms with Crippen molar-refractivity contribution < 1.29 is 9.59 Å². The first-order valence-corrected chi connectivity index (χ1v) is 8.32. The van der Waals surface area contributed by atoms with Crippen molar-refractivity contribution in [3.8, 4) is 0 Å². The highest BCUT2D eigenvalue weighted by Gasteiger charge is 2.21. The molecule has 0 bridgehead atoms. The first kappa shape index (κ1) is 16.9. The highest BCUT2D eigenvalue weighted by Crippen LogP contribution is 2.18. The average molecular weight is 399 g/mol. The van der Waals surface area contributed by atoms with E-state index >= 15 is 0 Å². The summed E-state index contributed by atoms with van der Waals surface area (Å²) in [5, 5.41) is 5.46. The molecule has 1 aromatic carbocycles. The number of hydrogen-bond donors (Lipinski definition) is 2. The molecule has 0 spiro atoms. The van der Waals surface area contributed by atoms with Gasteiger partial charge in [-0.05, 0) is 36.4 Å². The lowest BCUT2D eigenvalue weighted by molar-refractivity contribution is 0.0947. The second-order valence-corrected chi connectivity index (χ2v) is 6.12. The molecule has 0 fully saturated rings. The zero-order valence-corrected chi connectivity index (χ0v) is 14.8. The Morgan fingerprint density at radius 2 is 1.92 bits per heavy atom.